The normalized spacial score (nSPS) is 23.7. The van der Waals surface area contributed by atoms with Crippen LogP contribution in [-0.2, 0) is 11.3 Å². The fourth-order valence-corrected chi connectivity index (χ4v) is 2.79. The van der Waals surface area contributed by atoms with Crippen molar-refractivity contribution in [3.05, 3.63) is 11.8 Å². The van der Waals surface area contributed by atoms with E-state index in [1.807, 2.05) is 0 Å². The number of aromatic nitrogens is 2. The number of nitrogens with zero attached hydrogens (tertiary/aromatic N) is 2. The molecule has 1 fully saturated rings. The number of carbonyl (C=O) groups is 1. The number of aryl methyl sites for hydroxylation is 1. The van der Waals surface area contributed by atoms with E-state index in [9.17, 15) is 4.79 Å². The third kappa shape index (κ3) is 2.73. The summed E-state index contributed by atoms with van der Waals surface area (Å²) >= 11 is 0. The lowest BCUT2D eigenvalue weighted by Crippen LogP contribution is -2.30. The van der Waals surface area contributed by atoms with Gasteiger partial charge in [-0.25, -0.2) is 4.68 Å². The minimum Gasteiger partial charge on any atom is -0.474 e. The van der Waals surface area contributed by atoms with Crippen molar-refractivity contribution in [3.63, 3.8) is 0 Å². The zero-order valence-electron chi connectivity index (χ0n) is 10.9. The first kappa shape index (κ1) is 12.5. The summed E-state index contributed by atoms with van der Waals surface area (Å²) in [5, 5.41) is 4.13. The van der Waals surface area contributed by atoms with Crippen molar-refractivity contribution < 1.29 is 14.3 Å². The van der Waals surface area contributed by atoms with Gasteiger partial charge in [0.15, 0.2) is 5.69 Å². The highest BCUT2D eigenvalue weighted by atomic mass is 16.5. The Labute approximate surface area is 111 Å². The van der Waals surface area contributed by atoms with Gasteiger partial charge >= 0.3 is 0 Å². The first-order chi connectivity index (χ1) is 9.22. The Morgan fingerprint density at radius 3 is 2.95 bits per heavy atom. The van der Waals surface area contributed by atoms with Crippen LogP contribution in [0.15, 0.2) is 6.07 Å². The molecule has 1 unspecified atom stereocenters. The molecule has 0 radical (unpaired) electrons. The van der Waals surface area contributed by atoms with Crippen LogP contribution >= 0.6 is 0 Å². The highest BCUT2D eigenvalue weighted by molar-refractivity contribution is 5.91. The number of fused-ring (bicyclic) bond motifs is 1. The maximum Gasteiger partial charge on any atom is 0.269 e. The third-order valence-corrected chi connectivity index (χ3v) is 3.88. The highest BCUT2D eigenvalue weighted by Gasteiger charge is 2.26. The van der Waals surface area contributed by atoms with Crippen LogP contribution in [-0.4, -0.2) is 35.0 Å². The standard InChI is InChI=1S/C13H19N3O3/c14-13(17)11-8-12-16(15-11)4-1-10(19-12)7-9-2-5-18-6-3-9/h8-10H,1-7H2,(H2,14,17). The van der Waals surface area contributed by atoms with Crippen LogP contribution in [0.5, 0.6) is 5.88 Å². The third-order valence-electron chi connectivity index (χ3n) is 3.88. The number of amides is 1. The molecule has 3 heterocycles. The van der Waals surface area contributed by atoms with E-state index in [1.165, 1.54) is 0 Å². The van der Waals surface area contributed by atoms with Crippen LogP contribution in [0.1, 0.15) is 36.2 Å². The molecule has 6 heteroatoms. The smallest absolute Gasteiger partial charge is 0.269 e. The van der Waals surface area contributed by atoms with Gasteiger partial charge in [0.25, 0.3) is 5.91 Å². The van der Waals surface area contributed by atoms with Crippen molar-refractivity contribution in [2.24, 2.45) is 11.7 Å². The van der Waals surface area contributed by atoms with Gasteiger partial charge in [-0.3, -0.25) is 4.79 Å². The molecule has 1 aromatic heterocycles. The fourth-order valence-electron chi connectivity index (χ4n) is 2.79. The van der Waals surface area contributed by atoms with Crippen LogP contribution < -0.4 is 10.5 Å². The number of ether oxygens (including phenoxy) is 2. The van der Waals surface area contributed by atoms with Crippen molar-refractivity contribution in [1.82, 2.24) is 9.78 Å². The first-order valence-corrected chi connectivity index (χ1v) is 6.84. The number of hydrogen-bond donors (Lipinski definition) is 1. The topological polar surface area (TPSA) is 79.4 Å². The molecule has 19 heavy (non-hydrogen) atoms. The van der Waals surface area contributed by atoms with Crippen molar-refractivity contribution in [2.75, 3.05) is 13.2 Å². The summed E-state index contributed by atoms with van der Waals surface area (Å²) in [6, 6.07) is 1.64. The van der Waals surface area contributed by atoms with E-state index in [2.05, 4.69) is 5.10 Å². The van der Waals surface area contributed by atoms with E-state index in [0.717, 1.165) is 45.4 Å². The van der Waals surface area contributed by atoms with E-state index < -0.39 is 5.91 Å². The largest absolute Gasteiger partial charge is 0.474 e. The van der Waals surface area contributed by atoms with E-state index in [1.54, 1.807) is 10.7 Å². The lowest BCUT2D eigenvalue weighted by atomic mass is 9.92. The molecule has 1 saturated heterocycles. The van der Waals surface area contributed by atoms with Gasteiger partial charge in [0, 0.05) is 32.2 Å². The van der Waals surface area contributed by atoms with E-state index in [-0.39, 0.29) is 11.8 Å². The number of rotatable bonds is 3. The van der Waals surface area contributed by atoms with Crippen molar-refractivity contribution >= 4 is 5.91 Å². The molecule has 0 bridgehead atoms. The number of hydrogen-bond acceptors (Lipinski definition) is 4. The maximum atomic E-state index is 11.1. The lowest BCUT2D eigenvalue weighted by molar-refractivity contribution is 0.0388. The van der Waals surface area contributed by atoms with Gasteiger partial charge in [0.2, 0.25) is 5.88 Å². The molecule has 0 saturated carbocycles. The maximum absolute atomic E-state index is 11.1. The summed E-state index contributed by atoms with van der Waals surface area (Å²) in [7, 11) is 0. The van der Waals surface area contributed by atoms with Gasteiger partial charge in [0.05, 0.1) is 0 Å². The van der Waals surface area contributed by atoms with Gasteiger partial charge < -0.3 is 15.2 Å². The quantitative estimate of drug-likeness (QED) is 0.882. The molecule has 0 aromatic carbocycles. The summed E-state index contributed by atoms with van der Waals surface area (Å²) in [6.07, 6.45) is 4.44. The van der Waals surface area contributed by atoms with Gasteiger partial charge in [0.1, 0.15) is 6.10 Å². The fraction of sp³-hybridized carbons (Fsp3) is 0.692. The number of primary amides is 1. The van der Waals surface area contributed by atoms with Crippen molar-refractivity contribution in [3.8, 4) is 5.88 Å². The van der Waals surface area contributed by atoms with Crippen LogP contribution in [0.4, 0.5) is 0 Å². The molecular weight excluding hydrogens is 246 g/mol. The van der Waals surface area contributed by atoms with Crippen LogP contribution in [0.25, 0.3) is 0 Å². The average Bonchev–Trinajstić information content (AvgIpc) is 2.83. The second-order valence-electron chi connectivity index (χ2n) is 5.28. The Kier molecular flexibility index (Phi) is 3.42. The number of carbonyl (C=O) groups excluding carboxylic acids is 1. The Hall–Kier alpha value is -1.56. The Bertz CT molecular complexity index is 466. The van der Waals surface area contributed by atoms with Crippen LogP contribution in [0, 0.1) is 5.92 Å². The minimum atomic E-state index is -0.508. The Balaban J connectivity index is 1.63. The van der Waals surface area contributed by atoms with E-state index in [0.29, 0.717) is 11.8 Å². The van der Waals surface area contributed by atoms with Gasteiger partial charge in [-0.15, -0.1) is 0 Å². The molecule has 0 spiro atoms. The Morgan fingerprint density at radius 2 is 2.21 bits per heavy atom. The summed E-state index contributed by atoms with van der Waals surface area (Å²) in [5.74, 6) is 0.840. The van der Waals surface area contributed by atoms with Crippen LogP contribution in [0.3, 0.4) is 0 Å². The predicted octanol–water partition coefficient (Wildman–Crippen LogP) is 0.950. The van der Waals surface area contributed by atoms with Crippen molar-refractivity contribution in [1.29, 1.82) is 0 Å². The molecule has 1 atom stereocenters. The molecule has 104 valence electrons. The zero-order chi connectivity index (χ0) is 13.2. The summed E-state index contributed by atoms with van der Waals surface area (Å²) < 4.78 is 13.0. The second-order valence-corrected chi connectivity index (χ2v) is 5.28. The summed E-state index contributed by atoms with van der Waals surface area (Å²) in [4.78, 5) is 11.1. The molecule has 2 aliphatic rings. The molecular formula is C13H19N3O3. The molecule has 6 nitrogen and oxygen atoms in total. The summed E-state index contributed by atoms with van der Waals surface area (Å²) in [5.41, 5.74) is 5.51. The lowest BCUT2D eigenvalue weighted by Gasteiger charge is -2.29. The highest BCUT2D eigenvalue weighted by Crippen LogP contribution is 2.28. The van der Waals surface area contributed by atoms with Crippen molar-refractivity contribution in [2.45, 2.75) is 38.3 Å². The van der Waals surface area contributed by atoms with Crippen LogP contribution in [0.2, 0.25) is 0 Å². The molecule has 3 rings (SSSR count). The van der Waals surface area contributed by atoms with E-state index in [4.69, 9.17) is 15.2 Å². The van der Waals surface area contributed by atoms with E-state index >= 15 is 0 Å². The molecule has 2 aliphatic heterocycles. The minimum absolute atomic E-state index is 0.216. The Morgan fingerprint density at radius 1 is 1.42 bits per heavy atom. The summed E-state index contributed by atoms with van der Waals surface area (Å²) in [6.45, 7) is 2.51. The monoisotopic (exact) mass is 265 g/mol. The zero-order valence-corrected chi connectivity index (χ0v) is 10.9. The molecule has 2 N–H and O–H groups in total. The van der Waals surface area contributed by atoms with Gasteiger partial charge in [-0.1, -0.05) is 0 Å². The van der Waals surface area contributed by atoms with Gasteiger partial charge in [-0.2, -0.15) is 5.10 Å². The molecule has 0 aliphatic carbocycles. The molecule has 1 aromatic rings. The second kappa shape index (κ2) is 5.21. The predicted molar refractivity (Wildman–Crippen MR) is 67.9 cm³/mol. The van der Waals surface area contributed by atoms with Gasteiger partial charge in [-0.05, 0) is 25.2 Å². The first-order valence-electron chi connectivity index (χ1n) is 6.84. The number of nitrogens with two attached hydrogens (primary N) is 1. The molecule has 1 amide bonds. The average molecular weight is 265 g/mol. The SMILES string of the molecule is NC(=O)c1cc2n(n1)CCC(CC1CCOCC1)O2.